The SMILES string of the molecule is CC(C)CCC(NC(=O)[C@@H](Cc1ccccc1)NC(=O)C(N)CCc1ccccc1)C(=O)N[C@H](CCCNC(C)C)C(=O)CC1CCCNCCC1. The fraction of sp³-hybridized carbons (Fsp3) is 0.619. The first-order valence-corrected chi connectivity index (χ1v) is 19.7. The van der Waals surface area contributed by atoms with Crippen LogP contribution in [0.15, 0.2) is 60.7 Å². The molecule has 2 unspecified atom stereocenters. The molecule has 1 fully saturated rings. The van der Waals surface area contributed by atoms with Crippen molar-refractivity contribution >= 4 is 23.5 Å². The quantitative estimate of drug-likeness (QED) is 0.0974. The summed E-state index contributed by atoms with van der Waals surface area (Å²) in [5.74, 6) is -0.576. The average Bonchev–Trinajstić information content (AvgIpc) is 3.11. The first-order chi connectivity index (χ1) is 25.0. The molecule has 0 saturated carbocycles. The second-order valence-electron chi connectivity index (χ2n) is 15.3. The van der Waals surface area contributed by atoms with Gasteiger partial charge in [-0.2, -0.15) is 0 Å². The molecule has 0 spiro atoms. The number of amides is 3. The number of hydrogen-bond donors (Lipinski definition) is 6. The van der Waals surface area contributed by atoms with Crippen molar-refractivity contribution in [1.82, 2.24) is 26.6 Å². The molecule has 10 nitrogen and oxygen atoms in total. The highest BCUT2D eigenvalue weighted by molar-refractivity contribution is 5.95. The average molecular weight is 719 g/mol. The normalized spacial score (nSPS) is 16.3. The van der Waals surface area contributed by atoms with Crippen molar-refractivity contribution in [3.8, 4) is 0 Å². The Labute approximate surface area is 312 Å². The number of carbonyl (C=O) groups excluding carboxylic acids is 4. The molecule has 1 aliphatic rings. The number of aryl methyl sites for hydroxylation is 1. The summed E-state index contributed by atoms with van der Waals surface area (Å²) in [4.78, 5) is 55.3. The van der Waals surface area contributed by atoms with E-state index >= 15 is 0 Å². The van der Waals surface area contributed by atoms with Crippen LogP contribution < -0.4 is 32.3 Å². The monoisotopic (exact) mass is 719 g/mol. The maximum absolute atomic E-state index is 14.1. The van der Waals surface area contributed by atoms with Crippen LogP contribution in [-0.2, 0) is 32.0 Å². The van der Waals surface area contributed by atoms with E-state index in [1.807, 2.05) is 60.7 Å². The van der Waals surface area contributed by atoms with Gasteiger partial charge in [-0.25, -0.2) is 0 Å². The molecular formula is C42H66N6O4. The summed E-state index contributed by atoms with van der Waals surface area (Å²) in [5.41, 5.74) is 8.27. The lowest BCUT2D eigenvalue weighted by Crippen LogP contribution is -2.57. The van der Waals surface area contributed by atoms with Crippen LogP contribution in [0.5, 0.6) is 0 Å². The zero-order valence-corrected chi connectivity index (χ0v) is 32.1. The van der Waals surface area contributed by atoms with Gasteiger partial charge >= 0.3 is 0 Å². The van der Waals surface area contributed by atoms with E-state index in [-0.39, 0.29) is 18.1 Å². The Balaban J connectivity index is 1.75. The van der Waals surface area contributed by atoms with E-state index in [0.717, 1.165) is 62.9 Å². The third-order valence-corrected chi connectivity index (χ3v) is 9.85. The van der Waals surface area contributed by atoms with Crippen LogP contribution in [0.2, 0.25) is 0 Å². The molecule has 1 heterocycles. The smallest absolute Gasteiger partial charge is 0.243 e. The molecule has 0 aromatic heterocycles. The maximum atomic E-state index is 14.1. The second kappa shape index (κ2) is 23.9. The van der Waals surface area contributed by atoms with Gasteiger partial charge in [0.2, 0.25) is 17.7 Å². The van der Waals surface area contributed by atoms with Gasteiger partial charge in [0.15, 0.2) is 5.78 Å². The van der Waals surface area contributed by atoms with E-state index < -0.39 is 36.0 Å². The van der Waals surface area contributed by atoms with Crippen molar-refractivity contribution in [2.24, 2.45) is 17.6 Å². The summed E-state index contributed by atoms with van der Waals surface area (Å²) in [6.07, 6.45) is 8.17. The van der Waals surface area contributed by atoms with Gasteiger partial charge in [0, 0.05) is 18.9 Å². The van der Waals surface area contributed by atoms with Crippen molar-refractivity contribution in [1.29, 1.82) is 0 Å². The van der Waals surface area contributed by atoms with Gasteiger partial charge in [-0.3, -0.25) is 19.2 Å². The Bertz CT molecular complexity index is 1330. The maximum Gasteiger partial charge on any atom is 0.243 e. The lowest BCUT2D eigenvalue weighted by Gasteiger charge is -2.27. The van der Waals surface area contributed by atoms with Crippen LogP contribution >= 0.6 is 0 Å². The highest BCUT2D eigenvalue weighted by Crippen LogP contribution is 2.21. The fourth-order valence-electron chi connectivity index (χ4n) is 6.69. The minimum Gasteiger partial charge on any atom is -0.345 e. The zero-order valence-electron chi connectivity index (χ0n) is 32.1. The largest absolute Gasteiger partial charge is 0.345 e. The van der Waals surface area contributed by atoms with Crippen molar-refractivity contribution in [3.63, 3.8) is 0 Å². The molecule has 288 valence electrons. The van der Waals surface area contributed by atoms with E-state index in [9.17, 15) is 19.2 Å². The predicted octanol–water partition coefficient (Wildman–Crippen LogP) is 4.60. The number of nitrogens with two attached hydrogens (primary N) is 1. The lowest BCUT2D eigenvalue weighted by molar-refractivity contribution is -0.134. The van der Waals surface area contributed by atoms with Gasteiger partial charge in [-0.1, -0.05) is 88.4 Å². The Kier molecular flexibility index (Phi) is 19.6. The van der Waals surface area contributed by atoms with Gasteiger partial charge in [0.25, 0.3) is 0 Å². The van der Waals surface area contributed by atoms with Gasteiger partial charge < -0.3 is 32.3 Å². The second-order valence-corrected chi connectivity index (χ2v) is 15.3. The minimum atomic E-state index is -0.944. The highest BCUT2D eigenvalue weighted by atomic mass is 16.2. The number of ketones is 1. The van der Waals surface area contributed by atoms with Crippen LogP contribution in [0, 0.1) is 11.8 Å². The molecule has 3 rings (SSSR count). The third-order valence-electron chi connectivity index (χ3n) is 9.85. The molecule has 2 aromatic carbocycles. The summed E-state index contributed by atoms with van der Waals surface area (Å²) in [6, 6.07) is 16.4. The highest BCUT2D eigenvalue weighted by Gasteiger charge is 2.31. The van der Waals surface area contributed by atoms with Crippen molar-refractivity contribution in [3.05, 3.63) is 71.8 Å². The Morgan fingerprint density at radius 1 is 0.712 bits per heavy atom. The van der Waals surface area contributed by atoms with Crippen molar-refractivity contribution in [2.45, 2.75) is 135 Å². The Hall–Kier alpha value is -3.60. The predicted molar refractivity (Wildman–Crippen MR) is 210 cm³/mol. The molecule has 0 radical (unpaired) electrons. The van der Waals surface area contributed by atoms with Crippen molar-refractivity contribution < 1.29 is 19.2 Å². The van der Waals surface area contributed by atoms with E-state index in [4.69, 9.17) is 5.73 Å². The van der Waals surface area contributed by atoms with Crippen molar-refractivity contribution in [2.75, 3.05) is 19.6 Å². The Morgan fingerprint density at radius 2 is 1.29 bits per heavy atom. The first kappa shape index (κ1) is 42.8. The molecule has 3 amide bonds. The van der Waals surface area contributed by atoms with E-state index in [1.54, 1.807) is 0 Å². The Morgan fingerprint density at radius 3 is 1.90 bits per heavy atom. The van der Waals surface area contributed by atoms with Gasteiger partial charge in [0.1, 0.15) is 12.1 Å². The van der Waals surface area contributed by atoms with Gasteiger partial charge in [0.05, 0.1) is 12.1 Å². The lowest BCUT2D eigenvalue weighted by atomic mass is 9.88. The number of carbonyl (C=O) groups is 4. The summed E-state index contributed by atoms with van der Waals surface area (Å²) in [7, 11) is 0. The van der Waals surface area contributed by atoms with Crippen LogP contribution in [0.25, 0.3) is 0 Å². The number of Topliss-reactive ketones (excluding diaryl/α,β-unsaturated/α-hetero) is 1. The number of benzene rings is 2. The minimum absolute atomic E-state index is 0.0593. The molecule has 7 N–H and O–H groups in total. The van der Waals surface area contributed by atoms with E-state index in [2.05, 4.69) is 54.3 Å². The van der Waals surface area contributed by atoms with Crippen LogP contribution in [0.1, 0.15) is 103 Å². The number of rotatable bonds is 22. The molecular weight excluding hydrogens is 652 g/mol. The molecule has 0 aliphatic carbocycles. The van der Waals surface area contributed by atoms with Gasteiger partial charge in [-0.05, 0) is 107 Å². The zero-order chi connectivity index (χ0) is 37.7. The molecule has 10 heteroatoms. The van der Waals surface area contributed by atoms with Crippen LogP contribution in [0.3, 0.4) is 0 Å². The standard InChI is InChI=1S/C42H66N6O4/c1-30(2)21-24-37(41(51)46-36(20-13-27-45-31(3)4)39(49)29-34-18-11-25-44-26-12-19-34)47-42(52)38(28-33-16-9-6-10-17-33)48-40(50)35(43)23-22-32-14-7-5-8-15-32/h5-10,14-17,30-31,34-38,44-45H,11-13,18-29,43H2,1-4H3,(H,46,51)(H,47,52)(H,48,50)/t35?,36-,37?,38-/m1/s1. The van der Waals surface area contributed by atoms with E-state index in [1.165, 1.54) is 0 Å². The fourth-order valence-corrected chi connectivity index (χ4v) is 6.69. The molecule has 0 bridgehead atoms. The first-order valence-electron chi connectivity index (χ1n) is 19.7. The van der Waals surface area contributed by atoms with Crippen LogP contribution in [-0.4, -0.2) is 73.3 Å². The molecule has 1 saturated heterocycles. The van der Waals surface area contributed by atoms with E-state index in [0.29, 0.717) is 56.4 Å². The summed E-state index contributed by atoms with van der Waals surface area (Å²) in [6.45, 7) is 11.0. The van der Waals surface area contributed by atoms with Crippen LogP contribution in [0.4, 0.5) is 0 Å². The topological polar surface area (TPSA) is 154 Å². The molecule has 1 aliphatic heterocycles. The summed E-state index contributed by atoms with van der Waals surface area (Å²) in [5, 5.41) is 15.8. The molecule has 2 aromatic rings. The number of hydrogen-bond acceptors (Lipinski definition) is 7. The van der Waals surface area contributed by atoms with Gasteiger partial charge in [-0.15, -0.1) is 0 Å². The third kappa shape index (κ3) is 16.8. The molecule has 52 heavy (non-hydrogen) atoms. The summed E-state index contributed by atoms with van der Waals surface area (Å²) >= 11 is 0. The molecule has 4 atom stereocenters. The number of nitrogens with one attached hydrogen (secondary N) is 5. The summed E-state index contributed by atoms with van der Waals surface area (Å²) < 4.78 is 0.